The van der Waals surface area contributed by atoms with E-state index in [0.717, 1.165) is 0 Å². The van der Waals surface area contributed by atoms with Gasteiger partial charge in [-0.05, 0) is 24.7 Å². The van der Waals surface area contributed by atoms with Gasteiger partial charge in [0.05, 0.1) is 11.8 Å². The van der Waals surface area contributed by atoms with Crippen molar-refractivity contribution in [2.24, 2.45) is 23.7 Å². The summed E-state index contributed by atoms with van der Waals surface area (Å²) in [5, 5.41) is 17.8. The standard InChI is InChI=1S/C10H16O4/c1-5-3-7(9(11)12)8(10(13)14)4-6(5)2/h5-8H,3-4H2,1-2H3,(H,11,12)(H,13,14)/t5?,6?,7-,8?/m1/s1. The molecule has 0 radical (unpaired) electrons. The maximum absolute atomic E-state index is 10.9. The molecule has 1 aliphatic rings. The van der Waals surface area contributed by atoms with Crippen molar-refractivity contribution >= 4 is 11.9 Å². The summed E-state index contributed by atoms with van der Waals surface area (Å²) in [6.07, 6.45) is 0.959. The summed E-state index contributed by atoms with van der Waals surface area (Å²) in [5.74, 6) is -2.77. The quantitative estimate of drug-likeness (QED) is 0.707. The molecule has 4 atom stereocenters. The zero-order valence-electron chi connectivity index (χ0n) is 8.43. The summed E-state index contributed by atoms with van der Waals surface area (Å²) in [4.78, 5) is 21.7. The molecule has 0 aromatic heterocycles. The van der Waals surface area contributed by atoms with Crippen LogP contribution in [0, 0.1) is 23.7 Å². The molecular weight excluding hydrogens is 184 g/mol. The molecule has 80 valence electrons. The van der Waals surface area contributed by atoms with Gasteiger partial charge in [-0.2, -0.15) is 0 Å². The number of carboxylic acids is 2. The van der Waals surface area contributed by atoms with Crippen molar-refractivity contribution in [2.75, 3.05) is 0 Å². The smallest absolute Gasteiger partial charge is 0.307 e. The Morgan fingerprint density at radius 1 is 0.929 bits per heavy atom. The lowest BCUT2D eigenvalue weighted by molar-refractivity contribution is -0.157. The molecule has 3 unspecified atom stereocenters. The topological polar surface area (TPSA) is 74.6 Å². The molecule has 0 heterocycles. The third kappa shape index (κ3) is 2.05. The van der Waals surface area contributed by atoms with Crippen molar-refractivity contribution in [3.63, 3.8) is 0 Å². The van der Waals surface area contributed by atoms with Crippen LogP contribution in [0.5, 0.6) is 0 Å². The molecule has 14 heavy (non-hydrogen) atoms. The fourth-order valence-electron chi connectivity index (χ4n) is 2.14. The molecule has 0 aliphatic heterocycles. The van der Waals surface area contributed by atoms with E-state index in [9.17, 15) is 9.59 Å². The van der Waals surface area contributed by atoms with Crippen molar-refractivity contribution in [1.29, 1.82) is 0 Å². The van der Waals surface area contributed by atoms with Gasteiger partial charge in [-0.15, -0.1) is 0 Å². The highest BCUT2D eigenvalue weighted by Crippen LogP contribution is 2.37. The number of rotatable bonds is 2. The zero-order chi connectivity index (χ0) is 10.9. The second-order valence-corrected chi connectivity index (χ2v) is 4.32. The van der Waals surface area contributed by atoms with Crippen LogP contribution in [0.1, 0.15) is 26.7 Å². The number of carbonyl (C=O) groups is 2. The van der Waals surface area contributed by atoms with Gasteiger partial charge in [-0.3, -0.25) is 9.59 Å². The highest BCUT2D eigenvalue weighted by Gasteiger charge is 2.40. The molecule has 0 saturated heterocycles. The maximum atomic E-state index is 10.9. The van der Waals surface area contributed by atoms with E-state index in [1.807, 2.05) is 13.8 Å². The summed E-state index contributed by atoms with van der Waals surface area (Å²) in [6.45, 7) is 3.97. The number of aliphatic carboxylic acids is 2. The van der Waals surface area contributed by atoms with Crippen LogP contribution in [0.25, 0.3) is 0 Å². The van der Waals surface area contributed by atoms with Gasteiger partial charge in [-0.25, -0.2) is 0 Å². The summed E-state index contributed by atoms with van der Waals surface area (Å²) in [5.41, 5.74) is 0. The molecule has 4 nitrogen and oxygen atoms in total. The molecule has 4 heteroatoms. The Balaban J connectivity index is 2.80. The van der Waals surface area contributed by atoms with E-state index in [4.69, 9.17) is 10.2 Å². The lowest BCUT2D eigenvalue weighted by atomic mass is 9.69. The van der Waals surface area contributed by atoms with Gasteiger partial charge < -0.3 is 10.2 Å². The lowest BCUT2D eigenvalue weighted by Crippen LogP contribution is -2.38. The third-order valence-corrected chi connectivity index (χ3v) is 3.34. The molecular formula is C10H16O4. The van der Waals surface area contributed by atoms with Gasteiger partial charge in [0.2, 0.25) is 0 Å². The highest BCUT2D eigenvalue weighted by molar-refractivity contribution is 5.80. The Kier molecular flexibility index (Phi) is 3.13. The van der Waals surface area contributed by atoms with Crippen LogP contribution in [0.3, 0.4) is 0 Å². The fraction of sp³-hybridized carbons (Fsp3) is 0.800. The molecule has 1 rings (SSSR count). The van der Waals surface area contributed by atoms with Crippen LogP contribution < -0.4 is 0 Å². The predicted octanol–water partition coefficient (Wildman–Crippen LogP) is 1.45. The van der Waals surface area contributed by atoms with E-state index in [0.29, 0.717) is 24.7 Å². The molecule has 1 saturated carbocycles. The van der Waals surface area contributed by atoms with Gasteiger partial charge in [0.25, 0.3) is 0 Å². The van der Waals surface area contributed by atoms with Crippen LogP contribution in [0.2, 0.25) is 0 Å². The van der Waals surface area contributed by atoms with E-state index in [2.05, 4.69) is 0 Å². The largest absolute Gasteiger partial charge is 0.481 e. The van der Waals surface area contributed by atoms with Gasteiger partial charge >= 0.3 is 11.9 Å². The molecule has 1 aliphatic carbocycles. The minimum atomic E-state index is -0.976. The minimum Gasteiger partial charge on any atom is -0.481 e. The molecule has 0 aromatic carbocycles. The van der Waals surface area contributed by atoms with Crippen molar-refractivity contribution in [2.45, 2.75) is 26.7 Å². The summed E-state index contributed by atoms with van der Waals surface area (Å²) in [6, 6.07) is 0. The first-order chi connectivity index (χ1) is 6.43. The van der Waals surface area contributed by atoms with Crippen molar-refractivity contribution < 1.29 is 19.8 Å². The Morgan fingerprint density at radius 3 is 1.43 bits per heavy atom. The van der Waals surface area contributed by atoms with Crippen molar-refractivity contribution in [3.05, 3.63) is 0 Å². The van der Waals surface area contributed by atoms with Crippen LogP contribution in [-0.4, -0.2) is 22.2 Å². The lowest BCUT2D eigenvalue weighted by Gasteiger charge is -2.34. The summed E-state index contributed by atoms with van der Waals surface area (Å²) < 4.78 is 0. The summed E-state index contributed by atoms with van der Waals surface area (Å²) >= 11 is 0. The fourth-order valence-corrected chi connectivity index (χ4v) is 2.14. The van der Waals surface area contributed by atoms with E-state index in [1.54, 1.807) is 0 Å². The first kappa shape index (κ1) is 11.0. The molecule has 0 spiro atoms. The Bertz CT molecular complexity index is 223. The Labute approximate surface area is 82.9 Å². The summed E-state index contributed by atoms with van der Waals surface area (Å²) in [7, 11) is 0. The zero-order valence-corrected chi connectivity index (χ0v) is 8.43. The van der Waals surface area contributed by atoms with E-state index < -0.39 is 23.8 Å². The SMILES string of the molecule is CC1CC(C(=O)O)[C@H](C(=O)O)CC1C. The van der Waals surface area contributed by atoms with Crippen LogP contribution in [0.4, 0.5) is 0 Å². The van der Waals surface area contributed by atoms with Crippen LogP contribution in [0.15, 0.2) is 0 Å². The molecule has 0 amide bonds. The average molecular weight is 200 g/mol. The van der Waals surface area contributed by atoms with E-state index >= 15 is 0 Å². The van der Waals surface area contributed by atoms with Crippen LogP contribution in [-0.2, 0) is 9.59 Å². The van der Waals surface area contributed by atoms with Gasteiger partial charge in [-0.1, -0.05) is 13.8 Å². The number of carboxylic acid groups (broad SMARTS) is 2. The van der Waals surface area contributed by atoms with Gasteiger partial charge in [0.1, 0.15) is 0 Å². The van der Waals surface area contributed by atoms with Crippen LogP contribution >= 0.6 is 0 Å². The predicted molar refractivity (Wildman–Crippen MR) is 49.8 cm³/mol. The normalized spacial score (nSPS) is 37.9. The average Bonchev–Trinajstić information content (AvgIpc) is 2.08. The Hall–Kier alpha value is -1.06. The second kappa shape index (κ2) is 3.98. The van der Waals surface area contributed by atoms with Gasteiger partial charge in [0.15, 0.2) is 0 Å². The highest BCUT2D eigenvalue weighted by atomic mass is 16.4. The minimum absolute atomic E-state index is 0.298. The van der Waals surface area contributed by atoms with E-state index in [-0.39, 0.29) is 0 Å². The second-order valence-electron chi connectivity index (χ2n) is 4.32. The Morgan fingerprint density at radius 2 is 1.21 bits per heavy atom. The third-order valence-electron chi connectivity index (χ3n) is 3.34. The van der Waals surface area contributed by atoms with Crippen molar-refractivity contribution in [1.82, 2.24) is 0 Å². The first-order valence-electron chi connectivity index (χ1n) is 4.89. The molecule has 0 bridgehead atoms. The van der Waals surface area contributed by atoms with Crippen molar-refractivity contribution in [3.8, 4) is 0 Å². The number of hydrogen-bond donors (Lipinski definition) is 2. The first-order valence-corrected chi connectivity index (χ1v) is 4.89. The molecule has 0 aromatic rings. The maximum Gasteiger partial charge on any atom is 0.307 e. The molecule has 1 fully saturated rings. The van der Waals surface area contributed by atoms with E-state index in [1.165, 1.54) is 0 Å². The number of hydrogen-bond acceptors (Lipinski definition) is 2. The van der Waals surface area contributed by atoms with Gasteiger partial charge in [0, 0.05) is 0 Å². The molecule has 2 N–H and O–H groups in total. The monoisotopic (exact) mass is 200 g/mol.